The zero-order valence-electron chi connectivity index (χ0n) is 12.1. The van der Waals surface area contributed by atoms with Gasteiger partial charge in [-0.15, -0.1) is 0 Å². The molecular weight excluding hydrogens is 268 g/mol. The van der Waals surface area contributed by atoms with Crippen molar-refractivity contribution < 1.29 is 19.7 Å². The monoisotopic (exact) mass is 286 g/mol. The molecule has 0 radical (unpaired) electrons. The topological polar surface area (TPSA) is 66.8 Å². The Labute approximate surface area is 123 Å². The highest BCUT2D eigenvalue weighted by Gasteiger charge is 2.20. The second kappa shape index (κ2) is 6.31. The molecule has 2 aromatic carbocycles. The van der Waals surface area contributed by atoms with Gasteiger partial charge in [-0.25, -0.2) is 0 Å². The van der Waals surface area contributed by atoms with Crippen molar-refractivity contribution >= 4 is 5.97 Å². The summed E-state index contributed by atoms with van der Waals surface area (Å²) in [5.41, 5.74) is 2.78. The fraction of sp³-hybridized carbons (Fsp3) is 0.235. The molecule has 4 nitrogen and oxygen atoms in total. The molecule has 0 spiro atoms. The third kappa shape index (κ3) is 2.99. The van der Waals surface area contributed by atoms with Crippen LogP contribution in [0, 0.1) is 0 Å². The smallest absolute Gasteiger partial charge is 0.307 e. The van der Waals surface area contributed by atoms with E-state index in [-0.39, 0.29) is 12.2 Å². The van der Waals surface area contributed by atoms with Gasteiger partial charge in [0, 0.05) is 11.6 Å². The molecule has 0 amide bonds. The van der Waals surface area contributed by atoms with Crippen LogP contribution in [0.1, 0.15) is 18.1 Å². The summed E-state index contributed by atoms with van der Waals surface area (Å²) in [6.45, 7) is 1.94. The Morgan fingerprint density at radius 1 is 1.19 bits per heavy atom. The van der Waals surface area contributed by atoms with Gasteiger partial charge in [0.1, 0.15) is 11.5 Å². The summed E-state index contributed by atoms with van der Waals surface area (Å²) in [5.74, 6) is -0.382. The first kappa shape index (κ1) is 14.9. The number of phenolic OH excluding ortho intramolecular Hbond substituents is 1. The zero-order valence-corrected chi connectivity index (χ0v) is 12.1. The minimum Gasteiger partial charge on any atom is -0.507 e. The first-order valence-corrected chi connectivity index (χ1v) is 6.77. The van der Waals surface area contributed by atoms with Gasteiger partial charge < -0.3 is 14.9 Å². The molecule has 0 atom stereocenters. The van der Waals surface area contributed by atoms with Crippen molar-refractivity contribution in [2.45, 2.75) is 19.8 Å². The number of hydrogen-bond acceptors (Lipinski definition) is 3. The van der Waals surface area contributed by atoms with Crippen molar-refractivity contribution in [3.8, 4) is 22.6 Å². The van der Waals surface area contributed by atoms with Crippen LogP contribution in [-0.4, -0.2) is 23.3 Å². The number of carboxylic acid groups (broad SMARTS) is 1. The molecule has 0 saturated heterocycles. The first-order chi connectivity index (χ1) is 10.1. The van der Waals surface area contributed by atoms with Gasteiger partial charge in [-0.3, -0.25) is 4.79 Å². The average Bonchev–Trinajstić information content (AvgIpc) is 2.47. The average molecular weight is 286 g/mol. The quantitative estimate of drug-likeness (QED) is 0.885. The number of aromatic hydroxyl groups is 1. The van der Waals surface area contributed by atoms with Gasteiger partial charge in [0.2, 0.25) is 0 Å². The zero-order chi connectivity index (χ0) is 15.4. The van der Waals surface area contributed by atoms with Crippen LogP contribution in [0.15, 0.2) is 36.4 Å². The van der Waals surface area contributed by atoms with E-state index in [0.717, 1.165) is 11.1 Å². The lowest BCUT2D eigenvalue weighted by Gasteiger charge is -2.18. The van der Waals surface area contributed by atoms with E-state index < -0.39 is 5.97 Å². The van der Waals surface area contributed by atoms with E-state index in [1.54, 1.807) is 6.07 Å². The fourth-order valence-electron chi connectivity index (χ4n) is 2.58. The SMILES string of the molecule is CCc1c(OC)cc(O)c(-c2ccccc2)c1CC(=O)O. The van der Waals surface area contributed by atoms with Gasteiger partial charge in [-0.1, -0.05) is 37.3 Å². The molecule has 0 fully saturated rings. The fourth-order valence-corrected chi connectivity index (χ4v) is 2.58. The summed E-state index contributed by atoms with van der Waals surface area (Å²) >= 11 is 0. The largest absolute Gasteiger partial charge is 0.507 e. The number of aliphatic carboxylic acids is 1. The van der Waals surface area contributed by atoms with Crippen LogP contribution in [-0.2, 0) is 17.6 Å². The molecule has 0 aliphatic heterocycles. The van der Waals surface area contributed by atoms with E-state index in [0.29, 0.717) is 23.3 Å². The second-order valence-electron chi connectivity index (χ2n) is 4.72. The minimum atomic E-state index is -0.936. The molecule has 2 N–H and O–H groups in total. The Morgan fingerprint density at radius 3 is 2.38 bits per heavy atom. The predicted molar refractivity (Wildman–Crippen MR) is 80.8 cm³/mol. The summed E-state index contributed by atoms with van der Waals surface area (Å²) in [4.78, 5) is 11.2. The minimum absolute atomic E-state index is 0.0338. The molecule has 110 valence electrons. The van der Waals surface area contributed by atoms with E-state index in [1.165, 1.54) is 7.11 Å². The number of carbonyl (C=O) groups is 1. The molecule has 4 heteroatoms. The number of carboxylic acids is 1. The normalized spacial score (nSPS) is 10.4. The van der Waals surface area contributed by atoms with Crippen molar-refractivity contribution in [3.05, 3.63) is 47.5 Å². The highest BCUT2D eigenvalue weighted by atomic mass is 16.5. The van der Waals surface area contributed by atoms with E-state index >= 15 is 0 Å². The molecule has 21 heavy (non-hydrogen) atoms. The molecule has 0 aliphatic rings. The van der Waals surface area contributed by atoms with Crippen LogP contribution >= 0.6 is 0 Å². The number of methoxy groups -OCH3 is 1. The van der Waals surface area contributed by atoms with Gasteiger partial charge in [-0.2, -0.15) is 0 Å². The van der Waals surface area contributed by atoms with Gasteiger partial charge >= 0.3 is 5.97 Å². The maximum absolute atomic E-state index is 11.2. The molecule has 2 aromatic rings. The lowest BCUT2D eigenvalue weighted by molar-refractivity contribution is -0.136. The van der Waals surface area contributed by atoms with Crippen LogP contribution in [0.4, 0.5) is 0 Å². The van der Waals surface area contributed by atoms with Gasteiger partial charge in [0.15, 0.2) is 0 Å². The van der Waals surface area contributed by atoms with Gasteiger partial charge in [0.05, 0.1) is 13.5 Å². The van der Waals surface area contributed by atoms with Crippen LogP contribution in [0.2, 0.25) is 0 Å². The van der Waals surface area contributed by atoms with E-state index in [4.69, 9.17) is 4.74 Å². The maximum atomic E-state index is 11.2. The summed E-state index contributed by atoms with van der Waals surface area (Å²) in [6.07, 6.45) is 0.476. The van der Waals surface area contributed by atoms with Gasteiger partial charge in [-0.05, 0) is 23.1 Å². The predicted octanol–water partition coefficient (Wildman–Crippen LogP) is 3.26. The van der Waals surface area contributed by atoms with Gasteiger partial charge in [0.25, 0.3) is 0 Å². The number of rotatable bonds is 5. The lowest BCUT2D eigenvalue weighted by Crippen LogP contribution is -2.07. The third-order valence-corrected chi connectivity index (χ3v) is 3.45. The second-order valence-corrected chi connectivity index (χ2v) is 4.72. The highest BCUT2D eigenvalue weighted by molar-refractivity contribution is 5.82. The summed E-state index contributed by atoms with van der Waals surface area (Å²) in [7, 11) is 1.51. The van der Waals surface area contributed by atoms with Crippen LogP contribution in [0.25, 0.3) is 11.1 Å². The van der Waals surface area contributed by atoms with Crippen molar-refractivity contribution in [1.29, 1.82) is 0 Å². The van der Waals surface area contributed by atoms with E-state index in [2.05, 4.69) is 0 Å². The Kier molecular flexibility index (Phi) is 4.48. The number of phenols is 1. The Bertz CT molecular complexity index is 648. The molecule has 0 unspecified atom stereocenters. The molecule has 0 bridgehead atoms. The standard InChI is InChI=1S/C17H18O4/c1-3-12-13(9-16(19)20)17(11-7-5-4-6-8-11)14(18)10-15(12)21-2/h4-8,10,18H,3,9H2,1-2H3,(H,19,20). The van der Waals surface area contributed by atoms with Crippen LogP contribution < -0.4 is 4.74 Å². The summed E-state index contributed by atoms with van der Waals surface area (Å²) < 4.78 is 5.28. The summed E-state index contributed by atoms with van der Waals surface area (Å²) in [5, 5.41) is 19.5. The third-order valence-electron chi connectivity index (χ3n) is 3.45. The Balaban J connectivity index is 2.76. The molecule has 0 aliphatic carbocycles. The van der Waals surface area contributed by atoms with Crippen molar-refractivity contribution in [2.24, 2.45) is 0 Å². The van der Waals surface area contributed by atoms with E-state index in [9.17, 15) is 15.0 Å². The van der Waals surface area contributed by atoms with Crippen molar-refractivity contribution in [3.63, 3.8) is 0 Å². The lowest BCUT2D eigenvalue weighted by atomic mass is 9.90. The molecule has 0 saturated carbocycles. The number of benzene rings is 2. The Morgan fingerprint density at radius 2 is 1.86 bits per heavy atom. The Hall–Kier alpha value is -2.49. The molecule has 2 rings (SSSR count). The first-order valence-electron chi connectivity index (χ1n) is 6.77. The van der Waals surface area contributed by atoms with Crippen LogP contribution in [0.5, 0.6) is 11.5 Å². The number of hydrogen-bond donors (Lipinski definition) is 2. The molecular formula is C17H18O4. The molecule has 0 aromatic heterocycles. The van der Waals surface area contributed by atoms with Crippen LogP contribution in [0.3, 0.4) is 0 Å². The molecule has 0 heterocycles. The maximum Gasteiger partial charge on any atom is 0.307 e. The highest BCUT2D eigenvalue weighted by Crippen LogP contribution is 2.40. The van der Waals surface area contributed by atoms with Crippen molar-refractivity contribution in [1.82, 2.24) is 0 Å². The van der Waals surface area contributed by atoms with E-state index in [1.807, 2.05) is 37.3 Å². The summed E-state index contributed by atoms with van der Waals surface area (Å²) in [6, 6.07) is 10.8. The number of ether oxygens (including phenoxy) is 1. The van der Waals surface area contributed by atoms with Crippen molar-refractivity contribution in [2.75, 3.05) is 7.11 Å².